The molecule has 0 amide bonds. The third-order valence-corrected chi connectivity index (χ3v) is 8.39. The number of hydrogen-bond donors (Lipinski definition) is 1. The van der Waals surface area contributed by atoms with Crippen LogP contribution in [0.1, 0.15) is 81.1 Å². The minimum Gasteiger partial charge on any atom is -0.390 e. The highest BCUT2D eigenvalue weighted by Gasteiger charge is 2.80. The Kier molecular flexibility index (Phi) is 5.58. The van der Waals surface area contributed by atoms with E-state index in [1.165, 1.54) is 0 Å². The summed E-state index contributed by atoms with van der Waals surface area (Å²) in [6.07, 6.45) is 2.78. The molecule has 31 heavy (non-hydrogen) atoms. The van der Waals surface area contributed by atoms with Gasteiger partial charge in [0.15, 0.2) is 23.1 Å². The van der Waals surface area contributed by atoms with Gasteiger partial charge in [-0.1, -0.05) is 39.3 Å². The number of carbonyl (C=O) groups is 4. The lowest BCUT2D eigenvalue weighted by molar-refractivity contribution is -0.160. The number of aliphatic hydroxyl groups is 1. The van der Waals surface area contributed by atoms with Gasteiger partial charge in [0, 0.05) is 6.42 Å². The van der Waals surface area contributed by atoms with Gasteiger partial charge in [-0.3, -0.25) is 19.2 Å². The number of ketones is 4. The summed E-state index contributed by atoms with van der Waals surface area (Å²) < 4.78 is 0. The SMILES string of the molecule is CC(C)=CCC12C[C@@H]3C(C)(C)[C@@H](C(C)(C)O)C[C@]3(C(=O)C(C(=O)CC(C)C)C1=O)C2=O. The van der Waals surface area contributed by atoms with Crippen LogP contribution in [0.15, 0.2) is 11.6 Å². The van der Waals surface area contributed by atoms with Crippen molar-refractivity contribution in [1.82, 2.24) is 0 Å². The van der Waals surface area contributed by atoms with Crippen molar-refractivity contribution in [2.75, 3.05) is 0 Å². The number of carbonyl (C=O) groups excluding carboxylic acids is 4. The molecule has 3 aliphatic carbocycles. The van der Waals surface area contributed by atoms with Gasteiger partial charge in [-0.05, 0) is 70.1 Å². The second-order valence-corrected chi connectivity index (χ2v) is 12.1. The molecule has 172 valence electrons. The molecule has 0 aromatic carbocycles. The summed E-state index contributed by atoms with van der Waals surface area (Å²) in [7, 11) is 0. The van der Waals surface area contributed by atoms with E-state index < -0.39 is 39.3 Å². The van der Waals surface area contributed by atoms with E-state index in [1.807, 2.05) is 47.6 Å². The Morgan fingerprint density at radius 2 is 1.71 bits per heavy atom. The first-order chi connectivity index (χ1) is 14.0. The van der Waals surface area contributed by atoms with Crippen molar-refractivity contribution in [2.45, 2.75) is 86.7 Å². The van der Waals surface area contributed by atoms with Crippen molar-refractivity contribution in [3.8, 4) is 0 Å². The highest BCUT2D eigenvalue weighted by atomic mass is 16.3. The average molecular weight is 431 g/mol. The van der Waals surface area contributed by atoms with E-state index in [0.29, 0.717) is 0 Å². The van der Waals surface area contributed by atoms with Gasteiger partial charge in [-0.2, -0.15) is 0 Å². The van der Waals surface area contributed by atoms with Crippen molar-refractivity contribution in [3.63, 3.8) is 0 Å². The minimum atomic E-state index is -1.35. The molecular weight excluding hydrogens is 392 g/mol. The molecule has 5 heteroatoms. The largest absolute Gasteiger partial charge is 0.390 e. The minimum absolute atomic E-state index is 0.0227. The van der Waals surface area contributed by atoms with E-state index in [-0.39, 0.29) is 55.0 Å². The topological polar surface area (TPSA) is 88.5 Å². The summed E-state index contributed by atoms with van der Waals surface area (Å²) in [6.45, 7) is 15.1. The zero-order valence-electron chi connectivity index (χ0n) is 20.3. The molecule has 0 saturated heterocycles. The fourth-order valence-electron chi connectivity index (χ4n) is 7.04. The van der Waals surface area contributed by atoms with Crippen molar-refractivity contribution < 1.29 is 24.3 Å². The van der Waals surface area contributed by atoms with Crippen molar-refractivity contribution >= 4 is 23.1 Å². The molecule has 2 bridgehead atoms. The quantitative estimate of drug-likeness (QED) is 0.506. The van der Waals surface area contributed by atoms with Gasteiger partial charge >= 0.3 is 0 Å². The summed E-state index contributed by atoms with van der Waals surface area (Å²) in [4.78, 5) is 54.8. The maximum Gasteiger partial charge on any atom is 0.164 e. The summed E-state index contributed by atoms with van der Waals surface area (Å²) >= 11 is 0. The first-order valence-electron chi connectivity index (χ1n) is 11.6. The standard InChI is InChI=1S/C26H38O5/c1-14(2)9-10-25-12-18-23(5,6)17(24(7,8)31)13-26(18,22(25)30)21(29)19(20(25)28)16(27)11-15(3)4/h9,15,17-19,31H,10-13H2,1-8H3/t17-,18+,19?,25?,26-/m0/s1. The monoisotopic (exact) mass is 430 g/mol. The van der Waals surface area contributed by atoms with E-state index in [9.17, 15) is 24.3 Å². The zero-order valence-corrected chi connectivity index (χ0v) is 20.3. The Labute approximate surface area is 186 Å². The lowest BCUT2D eigenvalue weighted by Gasteiger charge is -2.41. The fourth-order valence-corrected chi connectivity index (χ4v) is 7.04. The van der Waals surface area contributed by atoms with E-state index in [4.69, 9.17) is 0 Å². The molecular formula is C26H38O5. The predicted octanol–water partition coefficient (Wildman–Crippen LogP) is 4.10. The van der Waals surface area contributed by atoms with E-state index in [2.05, 4.69) is 0 Å². The van der Waals surface area contributed by atoms with Crippen LogP contribution in [0.3, 0.4) is 0 Å². The van der Waals surface area contributed by atoms with Crippen LogP contribution in [-0.2, 0) is 19.2 Å². The van der Waals surface area contributed by atoms with Crippen molar-refractivity contribution in [2.24, 2.45) is 39.9 Å². The maximum absolute atomic E-state index is 14.0. The summed E-state index contributed by atoms with van der Waals surface area (Å²) in [5.41, 5.74) is -3.27. The normalized spacial score (nSPS) is 36.7. The van der Waals surface area contributed by atoms with E-state index >= 15 is 0 Å². The van der Waals surface area contributed by atoms with Gasteiger partial charge in [-0.15, -0.1) is 0 Å². The lowest BCUT2D eigenvalue weighted by Crippen LogP contribution is -2.59. The van der Waals surface area contributed by atoms with Crippen LogP contribution < -0.4 is 0 Å². The van der Waals surface area contributed by atoms with Crippen LogP contribution in [0.5, 0.6) is 0 Å². The Morgan fingerprint density at radius 1 is 1.13 bits per heavy atom. The van der Waals surface area contributed by atoms with Crippen LogP contribution in [0.25, 0.3) is 0 Å². The van der Waals surface area contributed by atoms with Crippen LogP contribution in [0.4, 0.5) is 0 Å². The molecule has 0 aliphatic heterocycles. The number of rotatable bonds is 6. The average Bonchev–Trinajstić information content (AvgIpc) is 2.97. The Morgan fingerprint density at radius 3 is 2.19 bits per heavy atom. The predicted molar refractivity (Wildman–Crippen MR) is 118 cm³/mol. The van der Waals surface area contributed by atoms with Gasteiger partial charge in [0.25, 0.3) is 0 Å². The van der Waals surface area contributed by atoms with Gasteiger partial charge < -0.3 is 5.11 Å². The maximum atomic E-state index is 14.0. The van der Waals surface area contributed by atoms with Crippen molar-refractivity contribution in [3.05, 3.63) is 11.6 Å². The molecule has 5 atom stereocenters. The smallest absolute Gasteiger partial charge is 0.164 e. The Bertz CT molecular complexity index is 867. The number of Topliss-reactive ketones (excluding diaryl/α,β-unsaturated/α-hetero) is 4. The van der Waals surface area contributed by atoms with Gasteiger partial charge in [0.2, 0.25) is 0 Å². The molecule has 2 unspecified atom stereocenters. The molecule has 5 nitrogen and oxygen atoms in total. The highest BCUT2D eigenvalue weighted by molar-refractivity contribution is 6.37. The van der Waals surface area contributed by atoms with E-state index in [0.717, 1.165) is 5.57 Å². The molecule has 1 N–H and O–H groups in total. The molecule has 0 aromatic rings. The van der Waals surface area contributed by atoms with Crippen molar-refractivity contribution in [1.29, 1.82) is 0 Å². The van der Waals surface area contributed by atoms with Crippen LogP contribution in [-0.4, -0.2) is 33.8 Å². The highest BCUT2D eigenvalue weighted by Crippen LogP contribution is 2.72. The van der Waals surface area contributed by atoms with Gasteiger partial charge in [0.05, 0.1) is 16.4 Å². The molecule has 3 saturated carbocycles. The van der Waals surface area contributed by atoms with Crippen LogP contribution in [0.2, 0.25) is 0 Å². The molecule has 0 radical (unpaired) electrons. The zero-order chi connectivity index (χ0) is 23.7. The number of fused-ring (bicyclic) bond motifs is 1. The van der Waals surface area contributed by atoms with Crippen LogP contribution in [0, 0.1) is 39.9 Å². The summed E-state index contributed by atoms with van der Waals surface area (Å²) in [5.74, 6) is -3.61. The summed E-state index contributed by atoms with van der Waals surface area (Å²) in [6, 6.07) is 0. The molecule has 3 rings (SSSR count). The Hall–Kier alpha value is -1.62. The molecule has 3 fully saturated rings. The van der Waals surface area contributed by atoms with Gasteiger partial charge in [-0.25, -0.2) is 0 Å². The number of allylic oxidation sites excluding steroid dienone is 2. The molecule has 0 heterocycles. The Balaban J connectivity index is 2.22. The first kappa shape index (κ1) is 24.0. The van der Waals surface area contributed by atoms with Gasteiger partial charge in [0.1, 0.15) is 5.92 Å². The third kappa shape index (κ3) is 3.21. The number of hydrogen-bond acceptors (Lipinski definition) is 5. The van der Waals surface area contributed by atoms with E-state index in [1.54, 1.807) is 13.8 Å². The van der Waals surface area contributed by atoms with Crippen LogP contribution >= 0.6 is 0 Å². The second kappa shape index (κ2) is 7.19. The molecule has 3 aliphatic rings. The lowest BCUT2D eigenvalue weighted by atomic mass is 9.58. The molecule has 0 aromatic heterocycles. The molecule has 1 spiro atoms. The summed E-state index contributed by atoms with van der Waals surface area (Å²) in [5, 5.41) is 10.9. The third-order valence-electron chi connectivity index (χ3n) is 8.39. The first-order valence-corrected chi connectivity index (χ1v) is 11.6. The fraction of sp³-hybridized carbons (Fsp3) is 0.769. The second-order valence-electron chi connectivity index (χ2n) is 12.1.